The van der Waals surface area contributed by atoms with Crippen LogP contribution in [-0.4, -0.2) is 32.3 Å². The van der Waals surface area contributed by atoms with E-state index in [0.717, 1.165) is 4.90 Å². The van der Waals surface area contributed by atoms with E-state index in [1.165, 1.54) is 12.1 Å². The standard InChI is InChI=1S/C13H13N3O3/c1-7(2)13(3,6-14)16-11(18)8-4-5-9(17)15-10(8)12(16)19/h4-5,7H,1-3H3,(H,15,17). The van der Waals surface area contributed by atoms with Crippen molar-refractivity contribution in [3.63, 3.8) is 0 Å². The van der Waals surface area contributed by atoms with E-state index >= 15 is 0 Å². The van der Waals surface area contributed by atoms with Crippen LogP contribution in [0.4, 0.5) is 0 Å². The van der Waals surface area contributed by atoms with Gasteiger partial charge >= 0.3 is 0 Å². The van der Waals surface area contributed by atoms with Crippen molar-refractivity contribution in [2.24, 2.45) is 5.92 Å². The molecule has 0 spiro atoms. The molecule has 6 heteroatoms. The average molecular weight is 259 g/mol. The highest BCUT2D eigenvalue weighted by molar-refractivity contribution is 6.21. The van der Waals surface area contributed by atoms with Crippen molar-refractivity contribution < 1.29 is 14.7 Å². The normalized spacial score (nSPS) is 17.3. The van der Waals surface area contributed by atoms with E-state index < -0.39 is 17.4 Å². The van der Waals surface area contributed by atoms with Gasteiger partial charge in [0.1, 0.15) is 11.2 Å². The molecule has 0 saturated heterocycles. The van der Waals surface area contributed by atoms with Crippen LogP contribution < -0.4 is 0 Å². The van der Waals surface area contributed by atoms with Gasteiger partial charge < -0.3 is 5.11 Å². The maximum atomic E-state index is 12.3. The largest absolute Gasteiger partial charge is 0.493 e. The summed E-state index contributed by atoms with van der Waals surface area (Å²) in [6.45, 7) is 5.06. The van der Waals surface area contributed by atoms with Crippen LogP contribution in [0.5, 0.6) is 5.88 Å². The van der Waals surface area contributed by atoms with Gasteiger partial charge in [-0.25, -0.2) is 4.98 Å². The van der Waals surface area contributed by atoms with E-state index in [9.17, 15) is 20.0 Å². The Kier molecular flexibility index (Phi) is 2.78. The number of aromatic hydroxyl groups is 1. The topological polar surface area (TPSA) is 94.3 Å². The fourth-order valence-corrected chi connectivity index (χ4v) is 1.96. The van der Waals surface area contributed by atoms with E-state index in [1.54, 1.807) is 20.8 Å². The second-order valence-corrected chi connectivity index (χ2v) is 4.93. The van der Waals surface area contributed by atoms with E-state index in [0.29, 0.717) is 0 Å². The number of fused-ring (bicyclic) bond motifs is 1. The van der Waals surface area contributed by atoms with Crippen LogP contribution in [0.1, 0.15) is 41.6 Å². The Hall–Kier alpha value is -2.42. The lowest BCUT2D eigenvalue weighted by Gasteiger charge is -2.34. The summed E-state index contributed by atoms with van der Waals surface area (Å²) in [5.41, 5.74) is -1.23. The van der Waals surface area contributed by atoms with Crippen LogP contribution in [0.25, 0.3) is 0 Å². The van der Waals surface area contributed by atoms with Crippen LogP contribution in [0.3, 0.4) is 0 Å². The molecule has 0 saturated carbocycles. The quantitative estimate of drug-likeness (QED) is 0.808. The zero-order chi connectivity index (χ0) is 14.4. The van der Waals surface area contributed by atoms with Crippen LogP contribution in [0.2, 0.25) is 0 Å². The number of nitrogens with zero attached hydrogens (tertiary/aromatic N) is 3. The van der Waals surface area contributed by atoms with Gasteiger partial charge in [-0.1, -0.05) is 13.8 Å². The van der Waals surface area contributed by atoms with Gasteiger partial charge in [0.2, 0.25) is 5.88 Å². The van der Waals surface area contributed by atoms with Crippen molar-refractivity contribution in [1.29, 1.82) is 5.26 Å². The predicted octanol–water partition coefficient (Wildman–Crippen LogP) is 1.32. The zero-order valence-corrected chi connectivity index (χ0v) is 10.8. The van der Waals surface area contributed by atoms with E-state index in [-0.39, 0.29) is 23.1 Å². The summed E-state index contributed by atoms with van der Waals surface area (Å²) in [6.07, 6.45) is 0. The Morgan fingerprint density at radius 3 is 2.53 bits per heavy atom. The summed E-state index contributed by atoms with van der Waals surface area (Å²) >= 11 is 0. The van der Waals surface area contributed by atoms with Gasteiger partial charge in [-0.05, 0) is 18.9 Å². The molecule has 2 heterocycles. The van der Waals surface area contributed by atoms with E-state index in [4.69, 9.17) is 0 Å². The molecule has 2 rings (SSSR count). The van der Waals surface area contributed by atoms with Crippen LogP contribution >= 0.6 is 0 Å². The van der Waals surface area contributed by atoms with Gasteiger partial charge in [0.05, 0.1) is 11.6 Å². The SMILES string of the molecule is CC(C)C(C)(C#N)N1C(=O)c2ccc(O)nc2C1=O. The minimum atomic E-state index is -1.25. The molecule has 0 fully saturated rings. The molecule has 2 amide bonds. The van der Waals surface area contributed by atoms with Gasteiger partial charge in [0, 0.05) is 6.07 Å². The fourth-order valence-electron chi connectivity index (χ4n) is 1.96. The monoisotopic (exact) mass is 259 g/mol. The molecule has 1 aliphatic rings. The Bertz CT molecular complexity index is 618. The highest BCUT2D eigenvalue weighted by Gasteiger charge is 2.49. The Morgan fingerprint density at radius 1 is 1.37 bits per heavy atom. The smallest absolute Gasteiger partial charge is 0.281 e. The fraction of sp³-hybridized carbons (Fsp3) is 0.385. The van der Waals surface area contributed by atoms with Gasteiger partial charge in [-0.15, -0.1) is 0 Å². The lowest BCUT2D eigenvalue weighted by molar-refractivity contribution is 0.0463. The van der Waals surface area contributed by atoms with Crippen molar-refractivity contribution in [2.45, 2.75) is 26.3 Å². The third-order valence-corrected chi connectivity index (χ3v) is 3.53. The highest BCUT2D eigenvalue weighted by atomic mass is 16.3. The zero-order valence-electron chi connectivity index (χ0n) is 10.8. The molecule has 98 valence electrons. The molecule has 1 atom stereocenters. The molecule has 0 aliphatic carbocycles. The summed E-state index contributed by atoms with van der Waals surface area (Å²) in [5, 5.41) is 18.6. The molecule has 1 N–H and O–H groups in total. The number of nitriles is 1. The number of aromatic nitrogens is 1. The Labute approximate surface area is 110 Å². The molecular weight excluding hydrogens is 246 g/mol. The van der Waals surface area contributed by atoms with Gasteiger partial charge in [0.15, 0.2) is 0 Å². The Balaban J connectivity index is 2.58. The summed E-state index contributed by atoms with van der Waals surface area (Å²) in [6, 6.07) is 4.61. The second-order valence-electron chi connectivity index (χ2n) is 4.93. The second kappa shape index (κ2) is 4.05. The molecule has 0 bridgehead atoms. The molecule has 19 heavy (non-hydrogen) atoms. The number of rotatable bonds is 2. The predicted molar refractivity (Wildman–Crippen MR) is 65.3 cm³/mol. The number of carbonyl (C=O) groups is 2. The minimum absolute atomic E-state index is 0.105. The van der Waals surface area contributed by atoms with E-state index in [1.807, 2.05) is 6.07 Å². The maximum Gasteiger partial charge on any atom is 0.281 e. The molecule has 6 nitrogen and oxygen atoms in total. The van der Waals surface area contributed by atoms with Crippen molar-refractivity contribution in [1.82, 2.24) is 9.88 Å². The first-order valence-electron chi connectivity index (χ1n) is 5.83. The third kappa shape index (κ3) is 1.66. The molecule has 1 aromatic rings. The number of hydrogen-bond donors (Lipinski definition) is 1. The Morgan fingerprint density at radius 2 is 2.00 bits per heavy atom. The number of hydrogen-bond acceptors (Lipinski definition) is 5. The maximum absolute atomic E-state index is 12.3. The molecule has 0 radical (unpaired) electrons. The van der Waals surface area contributed by atoms with Crippen molar-refractivity contribution in [2.75, 3.05) is 0 Å². The number of imide groups is 1. The highest BCUT2D eigenvalue weighted by Crippen LogP contribution is 2.33. The van der Waals surface area contributed by atoms with E-state index in [2.05, 4.69) is 4.98 Å². The van der Waals surface area contributed by atoms with Gasteiger partial charge in [0.25, 0.3) is 11.8 Å². The van der Waals surface area contributed by atoms with Crippen LogP contribution in [-0.2, 0) is 0 Å². The van der Waals surface area contributed by atoms with Crippen LogP contribution in [0, 0.1) is 17.2 Å². The molecule has 1 aliphatic heterocycles. The van der Waals surface area contributed by atoms with Crippen molar-refractivity contribution in [3.05, 3.63) is 23.4 Å². The summed E-state index contributed by atoms with van der Waals surface area (Å²) in [7, 11) is 0. The third-order valence-electron chi connectivity index (χ3n) is 3.53. The molecule has 1 unspecified atom stereocenters. The van der Waals surface area contributed by atoms with Crippen molar-refractivity contribution in [3.8, 4) is 11.9 Å². The van der Waals surface area contributed by atoms with Crippen LogP contribution in [0.15, 0.2) is 12.1 Å². The number of amides is 2. The molecule has 0 aromatic carbocycles. The summed E-state index contributed by atoms with van der Waals surface area (Å²) in [5.74, 6) is -1.75. The summed E-state index contributed by atoms with van der Waals surface area (Å²) < 4.78 is 0. The molecular formula is C13H13N3O3. The van der Waals surface area contributed by atoms with Gasteiger partial charge in [-0.2, -0.15) is 5.26 Å². The first kappa shape index (κ1) is 13.0. The first-order chi connectivity index (χ1) is 8.82. The number of pyridine rings is 1. The van der Waals surface area contributed by atoms with Gasteiger partial charge in [-0.3, -0.25) is 14.5 Å². The van der Waals surface area contributed by atoms with Crippen molar-refractivity contribution >= 4 is 11.8 Å². The molecule has 1 aromatic heterocycles. The average Bonchev–Trinajstić information content (AvgIpc) is 2.61. The minimum Gasteiger partial charge on any atom is -0.493 e. The lowest BCUT2D eigenvalue weighted by atomic mass is 9.88. The first-order valence-corrected chi connectivity index (χ1v) is 5.83. The lowest BCUT2D eigenvalue weighted by Crippen LogP contribution is -2.52. The summed E-state index contributed by atoms with van der Waals surface area (Å²) in [4.78, 5) is 29.1. The number of carbonyl (C=O) groups excluding carboxylic acids is 2.